The monoisotopic (exact) mass is 234 g/mol. The molecule has 0 aliphatic carbocycles. The highest BCUT2D eigenvalue weighted by atomic mass is 32.1. The fourth-order valence-electron chi connectivity index (χ4n) is 2.09. The molecule has 2 N–H and O–H groups in total. The zero-order chi connectivity index (χ0) is 11.0. The molecule has 1 aliphatic rings. The van der Waals surface area contributed by atoms with Crippen molar-refractivity contribution in [3.63, 3.8) is 0 Å². The van der Waals surface area contributed by atoms with Crippen LogP contribution in [0.15, 0.2) is 17.8 Å². The SMILES string of the molecule is CC1(Nc2ncnc3ccsc23)CCNC1. The fraction of sp³-hybridized carbons (Fsp3) is 0.455. The first-order valence-electron chi connectivity index (χ1n) is 5.44. The summed E-state index contributed by atoms with van der Waals surface area (Å²) < 4.78 is 1.15. The van der Waals surface area contributed by atoms with E-state index in [9.17, 15) is 0 Å². The van der Waals surface area contributed by atoms with Gasteiger partial charge in [-0.25, -0.2) is 9.97 Å². The van der Waals surface area contributed by atoms with E-state index in [1.165, 1.54) is 0 Å². The zero-order valence-corrected chi connectivity index (χ0v) is 9.97. The van der Waals surface area contributed by atoms with Crippen LogP contribution in [0.25, 0.3) is 10.2 Å². The average molecular weight is 234 g/mol. The number of nitrogens with zero attached hydrogens (tertiary/aromatic N) is 2. The van der Waals surface area contributed by atoms with Crippen molar-refractivity contribution in [2.24, 2.45) is 0 Å². The molecule has 1 atom stereocenters. The normalized spacial score (nSPS) is 25.1. The Morgan fingerprint density at radius 2 is 2.44 bits per heavy atom. The summed E-state index contributed by atoms with van der Waals surface area (Å²) in [7, 11) is 0. The number of fused-ring (bicyclic) bond motifs is 1. The molecule has 0 aromatic carbocycles. The molecule has 0 saturated carbocycles. The first-order valence-corrected chi connectivity index (χ1v) is 6.32. The second-order valence-electron chi connectivity index (χ2n) is 4.47. The number of aromatic nitrogens is 2. The van der Waals surface area contributed by atoms with Gasteiger partial charge in [-0.1, -0.05) is 0 Å². The van der Waals surface area contributed by atoms with Crippen LogP contribution >= 0.6 is 11.3 Å². The van der Waals surface area contributed by atoms with Crippen LogP contribution in [0.2, 0.25) is 0 Å². The summed E-state index contributed by atoms with van der Waals surface area (Å²) in [6.45, 7) is 4.29. The molecule has 1 aliphatic heterocycles. The van der Waals surface area contributed by atoms with E-state index in [0.717, 1.165) is 35.5 Å². The van der Waals surface area contributed by atoms with Gasteiger partial charge < -0.3 is 10.6 Å². The number of hydrogen-bond donors (Lipinski definition) is 2. The number of hydrogen-bond acceptors (Lipinski definition) is 5. The maximum absolute atomic E-state index is 4.35. The van der Waals surface area contributed by atoms with E-state index in [-0.39, 0.29) is 5.54 Å². The van der Waals surface area contributed by atoms with Gasteiger partial charge in [-0.15, -0.1) is 11.3 Å². The molecule has 0 bridgehead atoms. The minimum Gasteiger partial charge on any atom is -0.362 e. The van der Waals surface area contributed by atoms with E-state index in [1.807, 2.05) is 6.07 Å². The Labute approximate surface area is 98.1 Å². The van der Waals surface area contributed by atoms with Gasteiger partial charge in [-0.05, 0) is 31.3 Å². The highest BCUT2D eigenvalue weighted by molar-refractivity contribution is 7.17. The molecule has 1 unspecified atom stereocenters. The number of anilines is 1. The molecule has 5 heteroatoms. The predicted molar refractivity (Wildman–Crippen MR) is 66.9 cm³/mol. The third kappa shape index (κ3) is 1.66. The molecular weight excluding hydrogens is 220 g/mol. The molecule has 2 aromatic rings. The van der Waals surface area contributed by atoms with Gasteiger partial charge in [0.05, 0.1) is 10.2 Å². The van der Waals surface area contributed by atoms with Gasteiger partial charge in [-0.3, -0.25) is 0 Å². The summed E-state index contributed by atoms with van der Waals surface area (Å²) in [4.78, 5) is 8.59. The predicted octanol–water partition coefficient (Wildman–Crippen LogP) is 1.86. The maximum atomic E-state index is 4.35. The Bertz CT molecular complexity index is 501. The van der Waals surface area contributed by atoms with Crippen molar-refractivity contribution in [1.82, 2.24) is 15.3 Å². The molecule has 0 radical (unpaired) electrons. The quantitative estimate of drug-likeness (QED) is 0.832. The minimum atomic E-state index is 0.116. The van der Waals surface area contributed by atoms with Crippen LogP contribution < -0.4 is 10.6 Å². The lowest BCUT2D eigenvalue weighted by atomic mass is 10.0. The number of nitrogens with one attached hydrogen (secondary N) is 2. The Morgan fingerprint density at radius 1 is 1.50 bits per heavy atom. The second kappa shape index (κ2) is 3.68. The lowest BCUT2D eigenvalue weighted by molar-refractivity contribution is 0.565. The van der Waals surface area contributed by atoms with Crippen molar-refractivity contribution in [2.45, 2.75) is 18.9 Å². The molecule has 0 spiro atoms. The lowest BCUT2D eigenvalue weighted by Gasteiger charge is -2.25. The standard InChI is InChI=1S/C11H14N4S/c1-11(3-4-12-6-11)15-10-9-8(2-5-16-9)13-7-14-10/h2,5,7,12H,3-4,6H2,1H3,(H,13,14,15). The summed E-state index contributed by atoms with van der Waals surface area (Å²) in [6, 6.07) is 2.03. The molecular formula is C11H14N4S. The van der Waals surface area contributed by atoms with E-state index >= 15 is 0 Å². The summed E-state index contributed by atoms with van der Waals surface area (Å²) >= 11 is 1.69. The first kappa shape index (κ1) is 9.99. The molecule has 1 saturated heterocycles. The van der Waals surface area contributed by atoms with E-state index < -0.39 is 0 Å². The molecule has 2 aromatic heterocycles. The highest BCUT2D eigenvalue weighted by Crippen LogP contribution is 2.28. The smallest absolute Gasteiger partial charge is 0.147 e. The second-order valence-corrected chi connectivity index (χ2v) is 5.39. The van der Waals surface area contributed by atoms with Crippen molar-refractivity contribution >= 4 is 27.4 Å². The van der Waals surface area contributed by atoms with Crippen LogP contribution in [0.3, 0.4) is 0 Å². The van der Waals surface area contributed by atoms with Crippen LogP contribution in [0.5, 0.6) is 0 Å². The van der Waals surface area contributed by atoms with E-state index in [4.69, 9.17) is 0 Å². The van der Waals surface area contributed by atoms with E-state index in [2.05, 4.69) is 32.9 Å². The first-order chi connectivity index (χ1) is 7.77. The van der Waals surface area contributed by atoms with Gasteiger partial charge in [0.15, 0.2) is 0 Å². The van der Waals surface area contributed by atoms with Crippen molar-refractivity contribution in [3.8, 4) is 0 Å². The highest BCUT2D eigenvalue weighted by Gasteiger charge is 2.29. The summed E-state index contributed by atoms with van der Waals surface area (Å²) in [6.07, 6.45) is 2.76. The minimum absolute atomic E-state index is 0.116. The molecule has 1 fully saturated rings. The summed E-state index contributed by atoms with van der Waals surface area (Å²) in [5.74, 6) is 0.964. The van der Waals surface area contributed by atoms with Crippen LogP contribution in [0, 0.1) is 0 Å². The molecule has 0 amide bonds. The van der Waals surface area contributed by atoms with E-state index in [1.54, 1.807) is 17.7 Å². The Hall–Kier alpha value is -1.20. The van der Waals surface area contributed by atoms with Gasteiger partial charge >= 0.3 is 0 Å². The van der Waals surface area contributed by atoms with Crippen molar-refractivity contribution < 1.29 is 0 Å². The summed E-state index contributed by atoms with van der Waals surface area (Å²) in [5, 5.41) is 8.97. The average Bonchev–Trinajstić information content (AvgIpc) is 2.87. The third-order valence-corrected chi connectivity index (χ3v) is 3.94. The number of thiophene rings is 1. The van der Waals surface area contributed by atoms with Crippen molar-refractivity contribution in [1.29, 1.82) is 0 Å². The van der Waals surface area contributed by atoms with Gasteiger partial charge in [0.25, 0.3) is 0 Å². The van der Waals surface area contributed by atoms with Crippen LogP contribution in [-0.2, 0) is 0 Å². The van der Waals surface area contributed by atoms with Gasteiger partial charge in [0.1, 0.15) is 12.1 Å². The fourth-order valence-corrected chi connectivity index (χ4v) is 2.88. The third-order valence-electron chi connectivity index (χ3n) is 3.03. The van der Waals surface area contributed by atoms with Crippen LogP contribution in [-0.4, -0.2) is 28.6 Å². The Kier molecular flexibility index (Phi) is 2.29. The maximum Gasteiger partial charge on any atom is 0.147 e. The molecule has 3 heterocycles. The molecule has 84 valence electrons. The Morgan fingerprint density at radius 3 is 3.25 bits per heavy atom. The topological polar surface area (TPSA) is 49.8 Å². The molecule has 4 nitrogen and oxygen atoms in total. The summed E-state index contributed by atoms with van der Waals surface area (Å²) in [5.41, 5.74) is 1.14. The van der Waals surface area contributed by atoms with E-state index in [0.29, 0.717) is 0 Å². The lowest BCUT2D eigenvalue weighted by Crippen LogP contribution is -2.37. The number of rotatable bonds is 2. The van der Waals surface area contributed by atoms with Crippen LogP contribution in [0.4, 0.5) is 5.82 Å². The Balaban J connectivity index is 1.96. The largest absolute Gasteiger partial charge is 0.362 e. The van der Waals surface area contributed by atoms with Gasteiger partial charge in [0.2, 0.25) is 0 Å². The van der Waals surface area contributed by atoms with Crippen molar-refractivity contribution in [3.05, 3.63) is 17.8 Å². The zero-order valence-electron chi connectivity index (χ0n) is 9.16. The van der Waals surface area contributed by atoms with Crippen molar-refractivity contribution in [2.75, 3.05) is 18.4 Å². The van der Waals surface area contributed by atoms with Gasteiger partial charge in [0, 0.05) is 12.1 Å². The molecule has 16 heavy (non-hydrogen) atoms. The van der Waals surface area contributed by atoms with Gasteiger partial charge in [-0.2, -0.15) is 0 Å². The van der Waals surface area contributed by atoms with Crippen LogP contribution in [0.1, 0.15) is 13.3 Å². The molecule has 3 rings (SSSR count).